The molecule has 1 radical (unpaired) electrons. The average Bonchev–Trinajstić information content (AvgIpc) is 3.93. The minimum atomic E-state index is -0.446. The molecule has 0 aliphatic carbocycles. The molecule has 0 atom stereocenters. The van der Waals surface area contributed by atoms with Crippen molar-refractivity contribution in [2.75, 3.05) is 0 Å². The van der Waals surface area contributed by atoms with Crippen LogP contribution in [0.25, 0.3) is 0 Å². The Kier molecular flexibility index (Phi) is 16.1. The van der Waals surface area contributed by atoms with Gasteiger partial charge in [0.1, 0.15) is 0 Å². The van der Waals surface area contributed by atoms with E-state index in [2.05, 4.69) is 236 Å². The Morgan fingerprint density at radius 2 is 0.492 bits per heavy atom. The molecule has 9 rings (SSSR count). The summed E-state index contributed by atoms with van der Waals surface area (Å²) in [6.07, 6.45) is 0. The average molecular weight is 924 g/mol. The molecule has 307 valence electrons. The molecule has 0 amide bonds. The smallest absolute Gasteiger partial charge is 0.266 e. The summed E-state index contributed by atoms with van der Waals surface area (Å²) < 4.78 is 5.94. The zero-order chi connectivity index (χ0) is 41.8. The quantitative estimate of drug-likeness (QED) is 0.107. The fraction of sp³-hybridized carbons (Fsp3) is 0.118. The Labute approximate surface area is 377 Å². The predicted octanol–water partition coefficient (Wildman–Crippen LogP) is 8.94. The molecule has 3 aromatic heterocycles. The summed E-state index contributed by atoms with van der Waals surface area (Å²) in [5.41, 5.74) is 6.23. The van der Waals surface area contributed by atoms with E-state index < -0.39 is 15.8 Å². The molecule has 3 heterocycles. The zero-order valence-electron chi connectivity index (χ0n) is 35.5. The number of rotatable bonds is 9. The van der Waals surface area contributed by atoms with Crippen LogP contribution in [0.4, 0.5) is 0 Å². The molecule has 0 saturated heterocycles. The van der Waals surface area contributed by atoms with Gasteiger partial charge in [0.15, 0.2) is 0 Å². The second-order valence-electron chi connectivity index (χ2n) is 14.6. The molecule has 0 unspecified atom stereocenters. The van der Waals surface area contributed by atoms with E-state index in [4.69, 9.17) is 0 Å². The van der Waals surface area contributed by atoms with Crippen molar-refractivity contribution < 1.29 is 19.5 Å². The van der Waals surface area contributed by atoms with Gasteiger partial charge >= 0.3 is 7.12 Å². The van der Waals surface area contributed by atoms with Gasteiger partial charge in [-0.15, -0.1) is 0 Å². The maximum atomic E-state index is 4.66. The second-order valence-corrected chi connectivity index (χ2v) is 19.1. The summed E-state index contributed by atoms with van der Waals surface area (Å²) in [5.74, 6) is 0. The number of aromatic nitrogens is 6. The summed E-state index contributed by atoms with van der Waals surface area (Å²) in [6.45, 7) is 12.2. The fourth-order valence-electron chi connectivity index (χ4n) is 7.31. The van der Waals surface area contributed by atoms with E-state index in [1.807, 2.05) is 34.5 Å². The van der Waals surface area contributed by atoms with Gasteiger partial charge in [0.25, 0.3) is 0 Å². The molecule has 6 nitrogen and oxygen atoms in total. The van der Waals surface area contributed by atoms with Crippen molar-refractivity contribution in [1.29, 1.82) is 0 Å². The van der Waals surface area contributed by atoms with E-state index in [1.165, 1.54) is 31.8 Å². The molecule has 6 aromatic carbocycles. The normalized spacial score (nSPS) is 10.6. The first-order valence-corrected chi connectivity index (χ1v) is 22.9. The zero-order valence-corrected chi connectivity index (χ0v) is 39.0. The van der Waals surface area contributed by atoms with Gasteiger partial charge in [-0.1, -0.05) is 182 Å². The van der Waals surface area contributed by atoms with Crippen LogP contribution in [0.3, 0.4) is 0 Å². The minimum absolute atomic E-state index is 0. The van der Waals surface area contributed by atoms with Gasteiger partial charge in [0.05, 0.1) is 17.1 Å². The third kappa shape index (κ3) is 11.5. The van der Waals surface area contributed by atoms with Gasteiger partial charge in [-0.25, -0.2) is 0 Å². The largest absolute Gasteiger partial charge is 0.569 e. The Morgan fingerprint density at radius 1 is 0.311 bits per heavy atom. The second kappa shape index (κ2) is 21.8. The maximum absolute atomic E-state index is 4.66. The van der Waals surface area contributed by atoms with Crippen molar-refractivity contribution in [3.63, 3.8) is 0 Å². The molecule has 0 saturated carbocycles. The van der Waals surface area contributed by atoms with Crippen LogP contribution in [0.1, 0.15) is 34.2 Å². The monoisotopic (exact) mass is 923 g/mol. The van der Waals surface area contributed by atoms with Gasteiger partial charge in [-0.05, 0) is 107 Å². The van der Waals surface area contributed by atoms with Crippen molar-refractivity contribution >= 4 is 54.8 Å². The number of hydrogen-bond donors (Lipinski definition) is 0. The number of aryl methyl sites for hydroxylation is 6. The summed E-state index contributed by atoms with van der Waals surface area (Å²) in [7, 11) is -1.12. The molecule has 0 aliphatic heterocycles. The third-order valence-electron chi connectivity index (χ3n) is 9.88. The maximum Gasteiger partial charge on any atom is 0.569 e. The first-order valence-electron chi connectivity index (χ1n) is 20.3. The van der Waals surface area contributed by atoms with Crippen molar-refractivity contribution in [2.24, 2.45) is 0 Å². The molecule has 0 fully saturated rings. The van der Waals surface area contributed by atoms with Crippen LogP contribution >= 0.6 is 15.8 Å². The van der Waals surface area contributed by atoms with Gasteiger partial charge in [-0.3, -0.25) is 13.8 Å². The van der Waals surface area contributed by atoms with Crippen LogP contribution in [0.2, 0.25) is 0 Å². The third-order valence-corrected chi connectivity index (χ3v) is 14.8. The number of benzene rings is 6. The molecule has 0 spiro atoms. The van der Waals surface area contributed by atoms with Crippen molar-refractivity contribution in [1.82, 2.24) is 29.1 Å². The molecule has 0 N–H and O–H groups in total. The van der Waals surface area contributed by atoms with Crippen molar-refractivity contribution in [3.8, 4) is 0 Å². The van der Waals surface area contributed by atoms with Crippen LogP contribution in [0, 0.1) is 41.5 Å². The molecule has 10 heteroatoms. The molecular weight excluding hydrogens is 872 g/mol. The molecule has 0 bridgehead atoms. The summed E-state index contributed by atoms with van der Waals surface area (Å²) in [4.78, 5) is 0. The van der Waals surface area contributed by atoms with Crippen molar-refractivity contribution in [3.05, 3.63) is 234 Å². The standard InChI is InChI=1S/2C18H15P.C15H21BN6.Rh/c2*1-4-10-16(11-5-1)19(17-12-6-2-7-13-17)18-14-8-3-9-15-18;1-10-7-13(4)20(17-10)16(21-14(5)8-11(2)18-21)22-15(6)9-12(3)19-22;/h2*1-15H;7-9H,1-6H3;. The van der Waals surface area contributed by atoms with Crippen LogP contribution in [0.15, 0.2) is 200 Å². The summed E-state index contributed by atoms with van der Waals surface area (Å²) >= 11 is 0. The van der Waals surface area contributed by atoms with Gasteiger partial charge in [-0.2, -0.15) is 15.3 Å². The Balaban J connectivity index is 0.000000152. The molecular formula is C51H51BN6P2Rh. The molecule has 61 heavy (non-hydrogen) atoms. The van der Waals surface area contributed by atoms with Crippen LogP contribution in [-0.2, 0) is 19.5 Å². The van der Waals surface area contributed by atoms with Crippen LogP contribution < -0.4 is 31.8 Å². The topological polar surface area (TPSA) is 53.5 Å². The first-order chi connectivity index (χ1) is 29.3. The number of nitrogens with zero attached hydrogens (tertiary/aromatic N) is 6. The van der Waals surface area contributed by atoms with E-state index in [0.29, 0.717) is 0 Å². The van der Waals surface area contributed by atoms with E-state index in [9.17, 15) is 0 Å². The fourth-order valence-corrected chi connectivity index (χ4v) is 11.9. The van der Waals surface area contributed by atoms with Gasteiger partial charge < -0.3 is 0 Å². The Hall–Kier alpha value is -5.50. The van der Waals surface area contributed by atoms with E-state index >= 15 is 0 Å². The van der Waals surface area contributed by atoms with E-state index in [-0.39, 0.29) is 26.6 Å². The van der Waals surface area contributed by atoms with Crippen LogP contribution in [-0.4, -0.2) is 36.2 Å². The number of hydrogen-bond acceptors (Lipinski definition) is 3. The SMILES string of the molecule is Cc1cc(C)n(B(n2nc(C)cc2C)n2nc(C)cc2C)n1.[Rh].c1ccc(P(c2ccccc2)c2ccccc2)cc1.c1ccc(P(c2ccccc2)c2ccccc2)cc1. The Morgan fingerprint density at radius 3 is 0.639 bits per heavy atom. The first kappa shape index (κ1) is 45.0. The Bertz CT molecular complexity index is 2260. The van der Waals surface area contributed by atoms with Gasteiger partial charge in [0, 0.05) is 36.6 Å². The van der Waals surface area contributed by atoms with E-state index in [1.54, 1.807) is 0 Å². The summed E-state index contributed by atoms with van der Waals surface area (Å²) in [5, 5.41) is 22.4. The van der Waals surface area contributed by atoms with E-state index in [0.717, 1.165) is 34.2 Å². The minimum Gasteiger partial charge on any atom is -0.266 e. The predicted molar refractivity (Wildman–Crippen MR) is 257 cm³/mol. The van der Waals surface area contributed by atoms with Crippen LogP contribution in [0.5, 0.6) is 0 Å². The molecule has 0 aliphatic rings. The van der Waals surface area contributed by atoms with Crippen molar-refractivity contribution in [2.45, 2.75) is 41.5 Å². The summed E-state index contributed by atoms with van der Waals surface area (Å²) in [6, 6.07) is 70.9. The van der Waals surface area contributed by atoms with Gasteiger partial charge in [0.2, 0.25) is 0 Å². The molecule has 9 aromatic rings.